The molecule has 0 aromatic carbocycles. The minimum absolute atomic E-state index is 0.0985. The van der Waals surface area contributed by atoms with Crippen molar-refractivity contribution in [2.75, 3.05) is 0 Å². The van der Waals surface area contributed by atoms with E-state index in [0.29, 0.717) is 0 Å². The van der Waals surface area contributed by atoms with Gasteiger partial charge in [0.2, 0.25) is 0 Å². The summed E-state index contributed by atoms with van der Waals surface area (Å²) in [7, 11) is -2.04. The second kappa shape index (κ2) is 6.56. The molecule has 4 aliphatic rings. The van der Waals surface area contributed by atoms with Crippen LogP contribution in [0.4, 0.5) is 8.78 Å². The molecule has 1 aliphatic carbocycles. The second-order valence-corrected chi connectivity index (χ2v) is 11.3. The summed E-state index contributed by atoms with van der Waals surface area (Å²) in [6, 6.07) is -0.620. The van der Waals surface area contributed by atoms with Crippen LogP contribution in [0.5, 0.6) is 0 Å². The molecule has 3 aliphatic heterocycles. The van der Waals surface area contributed by atoms with E-state index in [1.807, 2.05) is 62.3 Å². The first-order chi connectivity index (χ1) is 13.5. The van der Waals surface area contributed by atoms with Gasteiger partial charge in [0, 0.05) is 23.1 Å². The van der Waals surface area contributed by atoms with Crippen molar-refractivity contribution in [2.45, 2.75) is 96.3 Å². The zero-order chi connectivity index (χ0) is 22.5. The highest BCUT2D eigenvalue weighted by atomic mass is 32.2. The molecule has 0 amide bonds. The molecule has 3 saturated heterocycles. The number of hydrogen-bond donors (Lipinski definition) is 2. The van der Waals surface area contributed by atoms with Crippen molar-refractivity contribution in [1.29, 1.82) is 0 Å². The van der Waals surface area contributed by atoms with Crippen molar-refractivity contribution < 1.29 is 27.4 Å². The number of fused-ring (bicyclic) bond motifs is 1. The molecule has 11 heteroatoms. The number of rotatable bonds is 2. The van der Waals surface area contributed by atoms with Gasteiger partial charge in [-0.25, -0.2) is 18.2 Å². The maximum absolute atomic E-state index is 15.7. The molecule has 2 unspecified atom stereocenters. The van der Waals surface area contributed by atoms with Gasteiger partial charge in [-0.05, 0) is 62.3 Å². The fourth-order valence-corrected chi connectivity index (χ4v) is 5.05. The molecule has 0 bridgehead atoms. The highest BCUT2D eigenvalue weighted by Crippen LogP contribution is 2.51. The number of halogens is 2. The smallest absolute Gasteiger partial charge is 0.399 e. The zero-order valence-corrected chi connectivity index (χ0v) is 19.8. The Morgan fingerprint density at radius 2 is 1.17 bits per heavy atom. The number of nitrogens with one attached hydrogen (secondary N) is 2. The molecule has 6 nitrogen and oxygen atoms in total. The van der Waals surface area contributed by atoms with E-state index in [0.717, 1.165) is 0 Å². The molecule has 166 valence electrons. The lowest BCUT2D eigenvalue weighted by Crippen LogP contribution is -2.58. The lowest BCUT2D eigenvalue weighted by Gasteiger charge is -2.39. The van der Waals surface area contributed by atoms with Gasteiger partial charge in [-0.15, -0.1) is 0 Å². The molecule has 0 spiro atoms. The van der Waals surface area contributed by atoms with Crippen LogP contribution >= 0.6 is 12.1 Å². The maximum atomic E-state index is 15.7. The van der Waals surface area contributed by atoms with Crippen molar-refractivity contribution in [3.05, 3.63) is 22.6 Å². The molecule has 2 atom stereocenters. The van der Waals surface area contributed by atoms with Gasteiger partial charge in [-0.3, -0.25) is 0 Å². The van der Waals surface area contributed by atoms with Gasteiger partial charge in [0.25, 0.3) is 0 Å². The second-order valence-electron chi connectivity index (χ2n) is 10.6. The van der Waals surface area contributed by atoms with Crippen molar-refractivity contribution in [3.8, 4) is 0 Å². The quantitative estimate of drug-likeness (QED) is 0.501. The third-order valence-corrected chi connectivity index (χ3v) is 8.45. The van der Waals surface area contributed by atoms with Gasteiger partial charge in [0.15, 0.2) is 11.7 Å². The average Bonchev–Trinajstić information content (AvgIpc) is 3.11. The SMILES string of the molecule is CC12NSNC1C(B1OC(C)(C)C(C)(C)O1)=C(F)C(F)=C2B1OC(C)(C)C(C)(C)O1. The summed E-state index contributed by atoms with van der Waals surface area (Å²) in [6.07, 6.45) is 0. The van der Waals surface area contributed by atoms with Crippen molar-refractivity contribution in [1.82, 2.24) is 9.44 Å². The summed E-state index contributed by atoms with van der Waals surface area (Å²) in [4.78, 5) is 0. The lowest BCUT2D eigenvalue weighted by atomic mass is 9.56. The highest BCUT2D eigenvalue weighted by Gasteiger charge is 2.64. The Labute approximate surface area is 182 Å². The summed E-state index contributed by atoms with van der Waals surface area (Å²) < 4.78 is 61.9. The minimum atomic E-state index is -1.03. The van der Waals surface area contributed by atoms with Gasteiger partial charge in [0.05, 0.1) is 34.0 Å². The summed E-state index contributed by atoms with van der Waals surface area (Å²) in [5.74, 6) is -1.98. The predicted molar refractivity (Wildman–Crippen MR) is 114 cm³/mol. The third kappa shape index (κ3) is 3.00. The molecule has 0 aromatic heterocycles. The number of hydrogen-bond acceptors (Lipinski definition) is 7. The van der Waals surface area contributed by atoms with E-state index in [1.54, 1.807) is 0 Å². The molecule has 0 radical (unpaired) electrons. The summed E-state index contributed by atoms with van der Waals surface area (Å²) in [5.41, 5.74) is -3.51. The molecule has 30 heavy (non-hydrogen) atoms. The fraction of sp³-hybridized carbons (Fsp3) is 0.789. The predicted octanol–water partition coefficient (Wildman–Crippen LogP) is 3.59. The maximum Gasteiger partial charge on any atom is 0.495 e. The van der Waals surface area contributed by atoms with Gasteiger partial charge in [-0.2, -0.15) is 0 Å². The van der Waals surface area contributed by atoms with E-state index in [-0.39, 0.29) is 10.9 Å². The summed E-state index contributed by atoms with van der Waals surface area (Å²) in [5, 5.41) is 0. The highest BCUT2D eigenvalue weighted by molar-refractivity contribution is 7.95. The normalized spacial score (nSPS) is 36.7. The van der Waals surface area contributed by atoms with Gasteiger partial charge in [-0.1, -0.05) is 0 Å². The molecule has 3 fully saturated rings. The Morgan fingerprint density at radius 1 is 0.733 bits per heavy atom. The Balaban J connectivity index is 1.80. The molecule has 0 saturated carbocycles. The van der Waals surface area contributed by atoms with Crippen LogP contribution < -0.4 is 9.44 Å². The van der Waals surface area contributed by atoms with Gasteiger partial charge >= 0.3 is 14.2 Å². The molecule has 3 heterocycles. The van der Waals surface area contributed by atoms with Crippen LogP contribution in [0.3, 0.4) is 0 Å². The molecule has 2 N–H and O–H groups in total. The Morgan fingerprint density at radius 3 is 1.63 bits per heavy atom. The Bertz CT molecular complexity index is 816. The molecular weight excluding hydrogens is 412 g/mol. The number of allylic oxidation sites excluding steroid dienone is 2. The van der Waals surface area contributed by atoms with Crippen molar-refractivity contribution in [3.63, 3.8) is 0 Å². The van der Waals surface area contributed by atoms with Crippen LogP contribution in [0, 0.1) is 0 Å². The van der Waals surface area contributed by atoms with Crippen molar-refractivity contribution in [2.24, 2.45) is 0 Å². The molecule has 4 rings (SSSR count). The van der Waals surface area contributed by atoms with Crippen LogP contribution in [-0.4, -0.2) is 48.2 Å². The van der Waals surface area contributed by atoms with Crippen LogP contribution in [0.15, 0.2) is 22.6 Å². The van der Waals surface area contributed by atoms with E-state index in [2.05, 4.69) is 9.44 Å². The van der Waals surface area contributed by atoms with Crippen LogP contribution in [0.25, 0.3) is 0 Å². The zero-order valence-electron chi connectivity index (χ0n) is 19.0. The van der Waals surface area contributed by atoms with E-state index in [1.165, 1.54) is 12.1 Å². The van der Waals surface area contributed by atoms with Crippen molar-refractivity contribution >= 4 is 26.4 Å². The minimum Gasteiger partial charge on any atom is -0.399 e. The lowest BCUT2D eigenvalue weighted by molar-refractivity contribution is 0.00578. The third-order valence-electron chi connectivity index (χ3n) is 7.57. The molecule has 0 aromatic rings. The van der Waals surface area contributed by atoms with E-state index in [9.17, 15) is 0 Å². The summed E-state index contributed by atoms with van der Waals surface area (Å²) >= 11 is 1.18. The topological polar surface area (TPSA) is 61.0 Å². The first-order valence-corrected chi connectivity index (χ1v) is 11.1. The van der Waals surface area contributed by atoms with Gasteiger partial charge in [0.1, 0.15) is 0 Å². The van der Waals surface area contributed by atoms with E-state index >= 15 is 8.78 Å². The van der Waals surface area contributed by atoms with Crippen LogP contribution in [-0.2, 0) is 18.6 Å². The Kier molecular flexibility index (Phi) is 4.98. The van der Waals surface area contributed by atoms with E-state index in [4.69, 9.17) is 18.6 Å². The van der Waals surface area contributed by atoms with E-state index < -0.39 is 59.9 Å². The van der Waals surface area contributed by atoms with Crippen LogP contribution in [0.2, 0.25) is 0 Å². The summed E-state index contributed by atoms with van der Waals surface area (Å²) in [6.45, 7) is 16.8. The largest absolute Gasteiger partial charge is 0.495 e. The first-order valence-electron chi connectivity index (χ1n) is 10.2. The standard InChI is InChI=1S/C19H30B2F2N2O4S/c1-15(2)16(3,4)27-20(26-15)10-11(22)12(23)13(19(9)14(10)24-30-25-19)21-28-17(5,6)18(7,8)29-21/h14,24-25H,1-9H3. The first kappa shape index (κ1) is 22.8. The van der Waals surface area contributed by atoms with Crippen LogP contribution in [0.1, 0.15) is 62.3 Å². The average molecular weight is 442 g/mol. The Hall–Kier alpha value is -0.420. The fourth-order valence-electron chi connectivity index (χ4n) is 4.07. The van der Waals surface area contributed by atoms with Gasteiger partial charge < -0.3 is 18.6 Å². The monoisotopic (exact) mass is 442 g/mol. The molecular formula is C19H30B2F2N2O4S.